The van der Waals surface area contributed by atoms with Gasteiger partial charge in [0, 0.05) is 0 Å². The van der Waals surface area contributed by atoms with Crippen LogP contribution in [0.1, 0.15) is 88.0 Å². The molecule has 160 valence electrons. The minimum atomic E-state index is -0.375. The topological polar surface area (TPSA) is 67.4 Å². The second-order valence-electron chi connectivity index (χ2n) is 8.60. The van der Waals surface area contributed by atoms with Gasteiger partial charge in [-0.2, -0.15) is 0 Å². The average Bonchev–Trinajstić information content (AvgIpc) is 3.03. The first kappa shape index (κ1) is 27.7. The van der Waals surface area contributed by atoms with Crippen molar-refractivity contribution in [2.75, 3.05) is 6.54 Å². The van der Waals surface area contributed by atoms with Crippen LogP contribution in [0.4, 0.5) is 4.79 Å². The van der Waals surface area contributed by atoms with Gasteiger partial charge < -0.3 is 15.4 Å². The molecule has 0 aliphatic heterocycles. The van der Waals surface area contributed by atoms with E-state index in [0.717, 1.165) is 37.2 Å². The Bertz CT molecular complexity index is 431. The van der Waals surface area contributed by atoms with Crippen LogP contribution in [0.15, 0.2) is 12.2 Å². The molecule has 0 saturated heterocycles. The SMILES string of the molecule is C=C(C)C(NC(=O)NCC(=O)OC1CCCC1)C(C)(C)C.CC.CC(C)C. The van der Waals surface area contributed by atoms with Gasteiger partial charge in [0.05, 0.1) is 6.04 Å². The van der Waals surface area contributed by atoms with E-state index in [1.54, 1.807) is 0 Å². The molecule has 1 atom stereocenters. The number of hydrogen-bond acceptors (Lipinski definition) is 3. The lowest BCUT2D eigenvalue weighted by molar-refractivity contribution is -0.147. The number of carbonyl (C=O) groups is 2. The first-order chi connectivity index (χ1) is 12.4. The summed E-state index contributed by atoms with van der Waals surface area (Å²) in [4.78, 5) is 23.5. The third kappa shape index (κ3) is 15.3. The fourth-order valence-corrected chi connectivity index (χ4v) is 2.65. The highest BCUT2D eigenvalue weighted by Gasteiger charge is 2.27. The molecule has 1 unspecified atom stereocenters. The average molecular weight is 385 g/mol. The summed E-state index contributed by atoms with van der Waals surface area (Å²) in [6.07, 6.45) is 4.11. The van der Waals surface area contributed by atoms with Crippen LogP contribution in [0.25, 0.3) is 0 Å². The van der Waals surface area contributed by atoms with Crippen molar-refractivity contribution >= 4 is 12.0 Å². The quantitative estimate of drug-likeness (QED) is 0.489. The van der Waals surface area contributed by atoms with Gasteiger partial charge in [0.2, 0.25) is 0 Å². The van der Waals surface area contributed by atoms with Gasteiger partial charge >= 0.3 is 12.0 Å². The van der Waals surface area contributed by atoms with Crippen LogP contribution in [0.5, 0.6) is 0 Å². The van der Waals surface area contributed by atoms with Gasteiger partial charge in [-0.25, -0.2) is 4.79 Å². The van der Waals surface area contributed by atoms with Crippen molar-refractivity contribution < 1.29 is 14.3 Å². The van der Waals surface area contributed by atoms with Crippen LogP contribution >= 0.6 is 0 Å². The molecule has 0 bridgehead atoms. The van der Waals surface area contributed by atoms with Crippen molar-refractivity contribution in [1.82, 2.24) is 10.6 Å². The Morgan fingerprint density at radius 2 is 1.56 bits per heavy atom. The maximum absolute atomic E-state index is 11.9. The monoisotopic (exact) mass is 384 g/mol. The van der Waals surface area contributed by atoms with E-state index in [1.165, 1.54) is 0 Å². The lowest BCUT2D eigenvalue weighted by Gasteiger charge is -2.31. The van der Waals surface area contributed by atoms with Crippen LogP contribution in [0.3, 0.4) is 0 Å². The molecule has 0 aromatic carbocycles. The standard InChI is InChI=1S/C16H28N2O3.C4H10.C2H6/c1-11(2)14(16(3,4)5)18-15(20)17-10-13(19)21-12-8-6-7-9-12;1-4(2)3;1-2/h12,14H,1,6-10H2,2-5H3,(H2,17,18,20);4H,1-3H3;1-2H3. The van der Waals surface area contributed by atoms with E-state index in [2.05, 4.69) is 38.0 Å². The van der Waals surface area contributed by atoms with E-state index in [-0.39, 0.29) is 36.1 Å². The van der Waals surface area contributed by atoms with E-state index < -0.39 is 0 Å². The summed E-state index contributed by atoms with van der Waals surface area (Å²) >= 11 is 0. The molecule has 1 rings (SSSR count). The number of rotatable bonds is 5. The Morgan fingerprint density at radius 3 is 1.93 bits per heavy atom. The van der Waals surface area contributed by atoms with E-state index in [9.17, 15) is 9.59 Å². The van der Waals surface area contributed by atoms with Crippen molar-refractivity contribution in [1.29, 1.82) is 0 Å². The summed E-state index contributed by atoms with van der Waals surface area (Å²) in [6, 6.07) is -0.523. The molecule has 1 aliphatic carbocycles. The molecular weight excluding hydrogens is 340 g/mol. The van der Waals surface area contributed by atoms with Crippen molar-refractivity contribution in [3.8, 4) is 0 Å². The first-order valence-corrected chi connectivity index (χ1v) is 10.3. The zero-order valence-corrected chi connectivity index (χ0v) is 19.2. The highest BCUT2D eigenvalue weighted by Crippen LogP contribution is 2.24. The van der Waals surface area contributed by atoms with Gasteiger partial charge in [-0.3, -0.25) is 4.79 Å². The zero-order chi connectivity index (χ0) is 21.6. The van der Waals surface area contributed by atoms with Crippen LogP contribution < -0.4 is 10.6 Å². The smallest absolute Gasteiger partial charge is 0.325 e. The maximum Gasteiger partial charge on any atom is 0.325 e. The van der Waals surface area contributed by atoms with Crippen LogP contribution in [-0.4, -0.2) is 30.7 Å². The van der Waals surface area contributed by atoms with Crippen LogP contribution in [0.2, 0.25) is 0 Å². The van der Waals surface area contributed by atoms with Gasteiger partial charge in [-0.1, -0.05) is 67.5 Å². The number of esters is 1. The van der Waals surface area contributed by atoms with Gasteiger partial charge in [0.15, 0.2) is 0 Å². The molecule has 27 heavy (non-hydrogen) atoms. The molecule has 1 saturated carbocycles. The summed E-state index contributed by atoms with van der Waals surface area (Å²) in [5.74, 6) is 0.458. The highest BCUT2D eigenvalue weighted by molar-refractivity contribution is 5.81. The third-order valence-electron chi connectivity index (χ3n) is 3.63. The first-order valence-electron chi connectivity index (χ1n) is 10.3. The number of ether oxygens (including phenoxy) is 1. The Balaban J connectivity index is 0. The van der Waals surface area contributed by atoms with E-state index in [4.69, 9.17) is 4.74 Å². The molecule has 2 amide bonds. The van der Waals surface area contributed by atoms with Crippen molar-refractivity contribution in [2.24, 2.45) is 11.3 Å². The summed E-state index contributed by atoms with van der Waals surface area (Å²) in [6.45, 7) is 22.3. The molecule has 2 N–H and O–H groups in total. The summed E-state index contributed by atoms with van der Waals surface area (Å²) < 4.78 is 5.28. The maximum atomic E-state index is 11.9. The molecule has 0 aromatic heterocycles. The van der Waals surface area contributed by atoms with E-state index in [0.29, 0.717) is 0 Å². The Hall–Kier alpha value is -1.52. The number of amides is 2. The normalized spacial score (nSPS) is 14.9. The van der Waals surface area contributed by atoms with Gasteiger partial charge in [0.25, 0.3) is 0 Å². The molecule has 0 spiro atoms. The van der Waals surface area contributed by atoms with E-state index in [1.807, 2.05) is 41.5 Å². The largest absolute Gasteiger partial charge is 0.461 e. The molecule has 1 aliphatic rings. The molecule has 0 radical (unpaired) electrons. The minimum Gasteiger partial charge on any atom is -0.461 e. The lowest BCUT2D eigenvalue weighted by Crippen LogP contribution is -2.49. The Kier molecular flexibility index (Phi) is 14.9. The summed E-state index contributed by atoms with van der Waals surface area (Å²) in [7, 11) is 0. The predicted molar refractivity (Wildman–Crippen MR) is 115 cm³/mol. The fourth-order valence-electron chi connectivity index (χ4n) is 2.65. The molecule has 0 aromatic rings. The van der Waals surface area contributed by atoms with Crippen LogP contribution in [0, 0.1) is 11.3 Å². The molecule has 0 heterocycles. The number of nitrogens with one attached hydrogen (secondary N) is 2. The third-order valence-corrected chi connectivity index (χ3v) is 3.63. The highest BCUT2D eigenvalue weighted by atomic mass is 16.5. The Morgan fingerprint density at radius 1 is 1.11 bits per heavy atom. The number of carbonyl (C=O) groups excluding carboxylic acids is 2. The van der Waals surface area contributed by atoms with Crippen molar-refractivity contribution in [3.05, 3.63) is 12.2 Å². The zero-order valence-electron chi connectivity index (χ0n) is 19.2. The molecular formula is C22H44N2O3. The summed E-state index contributed by atoms with van der Waals surface area (Å²) in [5, 5.41) is 5.40. The molecule has 1 fully saturated rings. The predicted octanol–water partition coefficient (Wildman–Crippen LogP) is 5.45. The van der Waals surface area contributed by atoms with Crippen molar-refractivity contribution in [2.45, 2.75) is 100 Å². The lowest BCUT2D eigenvalue weighted by atomic mass is 9.83. The fraction of sp³-hybridized carbons (Fsp3) is 0.818. The van der Waals surface area contributed by atoms with Crippen molar-refractivity contribution in [3.63, 3.8) is 0 Å². The second kappa shape index (κ2) is 14.5. The molecule has 5 heteroatoms. The second-order valence-corrected chi connectivity index (χ2v) is 8.60. The minimum absolute atomic E-state index is 0.0279. The van der Waals surface area contributed by atoms with Gasteiger partial charge in [-0.05, 0) is 43.9 Å². The number of hydrogen-bond donors (Lipinski definition) is 2. The Labute approximate surface area is 167 Å². The summed E-state index contributed by atoms with van der Waals surface area (Å²) in [5.41, 5.74) is 0.749. The van der Waals surface area contributed by atoms with Gasteiger partial charge in [0.1, 0.15) is 12.6 Å². The van der Waals surface area contributed by atoms with Crippen LogP contribution in [-0.2, 0) is 9.53 Å². The molecule has 5 nitrogen and oxygen atoms in total. The van der Waals surface area contributed by atoms with Gasteiger partial charge in [-0.15, -0.1) is 0 Å². The van der Waals surface area contributed by atoms with E-state index >= 15 is 0 Å². The number of urea groups is 1.